The highest BCUT2D eigenvalue weighted by molar-refractivity contribution is 7.14. The maximum atomic E-state index is 4.51. The van der Waals surface area contributed by atoms with Crippen LogP contribution in [-0.4, -0.2) is 10.2 Å². The molecule has 2 aromatic rings. The van der Waals surface area contributed by atoms with Crippen molar-refractivity contribution in [3.63, 3.8) is 0 Å². The Morgan fingerprint density at radius 2 is 1.70 bits per heavy atom. The molecule has 1 aromatic heterocycles. The minimum Gasteiger partial charge on any atom is -0.143 e. The highest BCUT2D eigenvalue weighted by atomic mass is 32.1. The van der Waals surface area contributed by atoms with E-state index in [1.807, 2.05) is 0 Å². The van der Waals surface area contributed by atoms with Crippen molar-refractivity contribution >= 4 is 11.3 Å². The van der Waals surface area contributed by atoms with E-state index in [0.29, 0.717) is 5.92 Å². The van der Waals surface area contributed by atoms with Gasteiger partial charge in [-0.3, -0.25) is 0 Å². The Morgan fingerprint density at radius 1 is 0.957 bits per heavy atom. The normalized spacial score (nSPS) is 21.5. The molecule has 124 valence electrons. The molecule has 1 aliphatic rings. The van der Waals surface area contributed by atoms with Gasteiger partial charge in [-0.1, -0.05) is 68.7 Å². The first-order valence-electron chi connectivity index (χ1n) is 9.22. The van der Waals surface area contributed by atoms with Crippen LogP contribution in [0.15, 0.2) is 24.3 Å². The summed E-state index contributed by atoms with van der Waals surface area (Å²) in [7, 11) is 0. The van der Waals surface area contributed by atoms with Crippen LogP contribution in [0.1, 0.15) is 75.3 Å². The molecule has 0 atom stereocenters. The summed E-state index contributed by atoms with van der Waals surface area (Å²) in [5, 5.41) is 11.3. The molecule has 1 aromatic carbocycles. The number of aryl methyl sites for hydroxylation is 1. The molecule has 0 aliphatic heterocycles. The van der Waals surface area contributed by atoms with E-state index in [1.54, 1.807) is 11.3 Å². The third-order valence-electron chi connectivity index (χ3n) is 5.07. The molecule has 2 nitrogen and oxygen atoms in total. The van der Waals surface area contributed by atoms with E-state index in [9.17, 15) is 0 Å². The van der Waals surface area contributed by atoms with Crippen LogP contribution >= 0.6 is 11.3 Å². The summed E-state index contributed by atoms with van der Waals surface area (Å²) < 4.78 is 0. The van der Waals surface area contributed by atoms with Gasteiger partial charge in [0.05, 0.1) is 0 Å². The molecule has 3 heteroatoms. The summed E-state index contributed by atoms with van der Waals surface area (Å²) in [5.41, 5.74) is 2.63. The topological polar surface area (TPSA) is 25.8 Å². The van der Waals surface area contributed by atoms with E-state index in [2.05, 4.69) is 48.3 Å². The van der Waals surface area contributed by atoms with Gasteiger partial charge in [0, 0.05) is 11.5 Å². The number of nitrogens with zero attached hydrogens (tertiary/aromatic N) is 2. The van der Waals surface area contributed by atoms with E-state index in [1.165, 1.54) is 61.1 Å². The van der Waals surface area contributed by atoms with Crippen LogP contribution in [-0.2, 0) is 6.42 Å². The van der Waals surface area contributed by atoms with Gasteiger partial charge in [-0.05, 0) is 43.6 Å². The Hall–Kier alpha value is -1.22. The van der Waals surface area contributed by atoms with E-state index in [0.717, 1.165) is 17.3 Å². The molecule has 3 rings (SSSR count). The Bertz CT molecular complexity index is 594. The minimum atomic E-state index is 0.647. The monoisotopic (exact) mass is 328 g/mol. The second kappa shape index (κ2) is 8.05. The summed E-state index contributed by atoms with van der Waals surface area (Å²) in [6.07, 6.45) is 10.4. The first kappa shape index (κ1) is 16.6. The van der Waals surface area contributed by atoms with Gasteiger partial charge in [0.1, 0.15) is 10.0 Å². The van der Waals surface area contributed by atoms with Crippen molar-refractivity contribution in [2.24, 2.45) is 5.92 Å². The van der Waals surface area contributed by atoms with Gasteiger partial charge in [0.2, 0.25) is 0 Å². The van der Waals surface area contributed by atoms with Crippen molar-refractivity contribution < 1.29 is 0 Å². The maximum absolute atomic E-state index is 4.51. The zero-order valence-electron chi connectivity index (χ0n) is 14.4. The van der Waals surface area contributed by atoms with E-state index < -0.39 is 0 Å². The van der Waals surface area contributed by atoms with Crippen LogP contribution in [0.2, 0.25) is 0 Å². The first-order valence-corrected chi connectivity index (χ1v) is 10.0. The first-order chi connectivity index (χ1) is 11.3. The fourth-order valence-corrected chi connectivity index (χ4v) is 4.74. The molecular formula is C20H28N2S. The summed E-state index contributed by atoms with van der Waals surface area (Å²) in [5.74, 6) is 1.60. The van der Waals surface area contributed by atoms with Crippen LogP contribution in [0.4, 0.5) is 0 Å². The lowest BCUT2D eigenvalue weighted by Gasteiger charge is -2.26. The zero-order chi connectivity index (χ0) is 16.1. The number of benzene rings is 1. The van der Waals surface area contributed by atoms with Crippen molar-refractivity contribution in [3.05, 3.63) is 34.8 Å². The van der Waals surface area contributed by atoms with Gasteiger partial charge in [-0.25, -0.2) is 0 Å². The smallest absolute Gasteiger partial charge is 0.143 e. The van der Waals surface area contributed by atoms with E-state index >= 15 is 0 Å². The molecule has 0 radical (unpaired) electrons. The summed E-state index contributed by atoms with van der Waals surface area (Å²) in [6.45, 7) is 4.52. The molecule has 0 saturated heterocycles. The van der Waals surface area contributed by atoms with E-state index in [4.69, 9.17) is 0 Å². The molecule has 1 fully saturated rings. The third-order valence-corrected chi connectivity index (χ3v) is 6.21. The minimum absolute atomic E-state index is 0.647. The molecule has 23 heavy (non-hydrogen) atoms. The highest BCUT2D eigenvalue weighted by Gasteiger charge is 2.24. The summed E-state index contributed by atoms with van der Waals surface area (Å²) in [4.78, 5) is 0. The van der Waals surface area contributed by atoms with Crippen LogP contribution in [0, 0.1) is 5.92 Å². The fourth-order valence-electron chi connectivity index (χ4n) is 3.73. The predicted molar refractivity (Wildman–Crippen MR) is 98.9 cm³/mol. The Balaban J connectivity index is 1.64. The van der Waals surface area contributed by atoms with Crippen molar-refractivity contribution in [2.45, 2.75) is 71.1 Å². The van der Waals surface area contributed by atoms with Crippen molar-refractivity contribution in [2.75, 3.05) is 0 Å². The summed E-state index contributed by atoms with van der Waals surface area (Å²) >= 11 is 1.80. The number of hydrogen-bond donors (Lipinski definition) is 0. The third kappa shape index (κ3) is 4.20. The summed E-state index contributed by atoms with van der Waals surface area (Å²) in [6, 6.07) is 8.87. The second-order valence-electron chi connectivity index (χ2n) is 6.90. The largest absolute Gasteiger partial charge is 0.147 e. The van der Waals surface area contributed by atoms with Gasteiger partial charge in [0.25, 0.3) is 0 Å². The van der Waals surface area contributed by atoms with Gasteiger partial charge in [-0.15, -0.1) is 10.2 Å². The van der Waals surface area contributed by atoms with Crippen LogP contribution in [0.5, 0.6) is 0 Å². The molecule has 0 N–H and O–H groups in total. The van der Waals surface area contributed by atoms with Gasteiger partial charge < -0.3 is 0 Å². The van der Waals surface area contributed by atoms with Crippen LogP contribution in [0.25, 0.3) is 10.6 Å². The molecular weight excluding hydrogens is 300 g/mol. The van der Waals surface area contributed by atoms with Crippen molar-refractivity contribution in [1.82, 2.24) is 10.2 Å². The SMILES string of the molecule is CCCc1ccc(-c2nnc(C3CCC(CCC)CC3)s2)cc1. The quantitative estimate of drug-likeness (QED) is 0.628. The maximum Gasteiger partial charge on any atom is 0.147 e. The molecule has 0 unspecified atom stereocenters. The molecule has 1 saturated carbocycles. The molecule has 1 aliphatic carbocycles. The fraction of sp³-hybridized carbons (Fsp3) is 0.600. The number of rotatable bonds is 6. The average Bonchev–Trinajstić information content (AvgIpc) is 3.07. The second-order valence-corrected chi connectivity index (χ2v) is 7.91. The van der Waals surface area contributed by atoms with Crippen molar-refractivity contribution in [3.8, 4) is 10.6 Å². The lowest BCUT2D eigenvalue weighted by Crippen LogP contribution is -2.13. The van der Waals surface area contributed by atoms with Gasteiger partial charge in [-0.2, -0.15) is 0 Å². The lowest BCUT2D eigenvalue weighted by molar-refractivity contribution is 0.307. The standard InChI is InChI=1S/C20H28N2S/c1-3-5-15-7-11-17(12-8-15)19-21-22-20(23-19)18-13-9-16(6-4-2)10-14-18/h7-8,11-12,16,18H,3-6,9-10,13-14H2,1-2H3. The molecule has 0 amide bonds. The Morgan fingerprint density at radius 3 is 2.35 bits per heavy atom. The Kier molecular flexibility index (Phi) is 5.82. The van der Waals surface area contributed by atoms with Gasteiger partial charge in [0.15, 0.2) is 0 Å². The van der Waals surface area contributed by atoms with Gasteiger partial charge >= 0.3 is 0 Å². The average molecular weight is 329 g/mol. The van der Waals surface area contributed by atoms with Crippen LogP contribution in [0.3, 0.4) is 0 Å². The number of aromatic nitrogens is 2. The molecule has 0 spiro atoms. The predicted octanol–water partition coefficient (Wildman–Crippen LogP) is 6.23. The molecule has 0 bridgehead atoms. The lowest BCUT2D eigenvalue weighted by atomic mass is 9.80. The van der Waals surface area contributed by atoms with Crippen molar-refractivity contribution in [1.29, 1.82) is 0 Å². The number of hydrogen-bond acceptors (Lipinski definition) is 3. The Labute approximate surface area is 144 Å². The highest BCUT2D eigenvalue weighted by Crippen LogP contribution is 2.39. The van der Waals surface area contributed by atoms with Crippen LogP contribution < -0.4 is 0 Å². The molecule has 1 heterocycles. The zero-order valence-corrected chi connectivity index (χ0v) is 15.2. The van der Waals surface area contributed by atoms with E-state index in [-0.39, 0.29) is 0 Å².